The van der Waals surface area contributed by atoms with E-state index in [4.69, 9.17) is 0 Å². The molecule has 13 heavy (non-hydrogen) atoms. The van der Waals surface area contributed by atoms with Crippen molar-refractivity contribution in [1.29, 1.82) is 0 Å². The number of hydrogen-bond donors (Lipinski definition) is 0. The summed E-state index contributed by atoms with van der Waals surface area (Å²) in [6.07, 6.45) is 0. The van der Waals surface area contributed by atoms with Gasteiger partial charge in [-0.3, -0.25) is 0 Å². The molecule has 0 aromatic rings. The van der Waals surface area contributed by atoms with E-state index in [1.165, 1.54) is 29.8 Å². The molecule has 0 fully saturated rings. The predicted octanol–water partition coefficient (Wildman–Crippen LogP) is 5.29. The first-order valence-corrected chi connectivity index (χ1v) is 15.1. The lowest BCUT2D eigenvalue weighted by atomic mass is 10.9. The van der Waals surface area contributed by atoms with Gasteiger partial charge in [0.2, 0.25) is 0 Å². The average Bonchev–Trinajstić information content (AvgIpc) is 2.17. The maximum absolute atomic E-state index is 4.04. The molecule has 0 radical (unpaired) electrons. The first kappa shape index (κ1) is 14.4. The smallest absolute Gasteiger partial charge is 0.126 e. The minimum atomic E-state index is -1.05. The third-order valence-corrected chi connectivity index (χ3v) is 25.1. The van der Waals surface area contributed by atoms with Gasteiger partial charge in [0.1, 0.15) is 13.4 Å². The van der Waals surface area contributed by atoms with Crippen molar-refractivity contribution >= 4 is 44.0 Å². The van der Waals surface area contributed by atoms with E-state index >= 15 is 0 Å². The van der Waals surface area contributed by atoms with Crippen LogP contribution in [0.5, 0.6) is 0 Å². The molecular weight excluding hydrogens is 324 g/mol. The van der Waals surface area contributed by atoms with E-state index in [1.54, 1.807) is 0 Å². The van der Waals surface area contributed by atoms with Gasteiger partial charge in [-0.05, 0) is 5.67 Å². The molecule has 0 aliphatic rings. The van der Waals surface area contributed by atoms with Crippen molar-refractivity contribution in [1.82, 2.24) is 0 Å². The highest BCUT2D eigenvalue weighted by molar-refractivity contribution is 9.27. The molecule has 0 aliphatic carbocycles. The van der Waals surface area contributed by atoms with Gasteiger partial charge in [-0.25, -0.2) is 0 Å². The Kier molecular flexibility index (Phi) is 6.73. The molecular formula is C9H22Br2Si2. The van der Waals surface area contributed by atoms with E-state index in [9.17, 15) is 0 Å². The Morgan fingerprint density at radius 1 is 0.692 bits per heavy atom. The Morgan fingerprint density at radius 2 is 0.923 bits per heavy atom. The van der Waals surface area contributed by atoms with Crippen molar-refractivity contribution in [3.63, 3.8) is 0 Å². The highest BCUT2D eigenvalue weighted by Gasteiger charge is 2.37. The van der Waals surface area contributed by atoms with Crippen LogP contribution >= 0.6 is 30.6 Å². The summed E-state index contributed by atoms with van der Waals surface area (Å²) in [5, 5.41) is 0. The molecule has 0 aliphatic heterocycles. The van der Waals surface area contributed by atoms with Crippen LogP contribution in [0.4, 0.5) is 0 Å². The summed E-state index contributed by atoms with van der Waals surface area (Å²) in [7, 11) is 0. The maximum Gasteiger partial charge on any atom is 0.128 e. The van der Waals surface area contributed by atoms with E-state index < -0.39 is 13.4 Å². The molecule has 0 aromatic heterocycles. The second kappa shape index (κ2) is 6.08. The fourth-order valence-electron chi connectivity index (χ4n) is 1.57. The quantitative estimate of drug-likeness (QED) is 0.453. The molecule has 0 aromatic carbocycles. The van der Waals surface area contributed by atoms with Crippen molar-refractivity contribution in [3.05, 3.63) is 0 Å². The minimum Gasteiger partial charge on any atom is -0.126 e. The Bertz CT molecular complexity index is 127. The molecule has 4 heteroatoms. The Labute approximate surface area is 101 Å². The van der Waals surface area contributed by atoms with Crippen molar-refractivity contribution in [2.75, 3.05) is 0 Å². The van der Waals surface area contributed by atoms with Crippen LogP contribution < -0.4 is 0 Å². The Balaban J connectivity index is 4.36. The van der Waals surface area contributed by atoms with Gasteiger partial charge in [0.15, 0.2) is 0 Å². The maximum atomic E-state index is 4.04. The zero-order chi connectivity index (χ0) is 10.5. The molecule has 0 rings (SSSR count). The molecule has 0 spiro atoms. The number of hydrogen-bond acceptors (Lipinski definition) is 0. The van der Waals surface area contributed by atoms with Crippen molar-refractivity contribution in [2.45, 2.75) is 57.5 Å². The van der Waals surface area contributed by atoms with E-state index in [2.05, 4.69) is 58.3 Å². The lowest BCUT2D eigenvalue weighted by molar-refractivity contribution is 1.24. The minimum absolute atomic E-state index is 1.05. The topological polar surface area (TPSA) is 0 Å². The van der Waals surface area contributed by atoms with Crippen LogP contribution in [0.15, 0.2) is 0 Å². The molecule has 0 saturated carbocycles. The number of halogens is 2. The monoisotopic (exact) mass is 344 g/mol. The van der Waals surface area contributed by atoms with E-state index in [1.807, 2.05) is 0 Å². The van der Waals surface area contributed by atoms with Gasteiger partial charge in [-0.2, -0.15) is 0 Å². The van der Waals surface area contributed by atoms with Crippen LogP contribution in [0, 0.1) is 0 Å². The first-order valence-electron chi connectivity index (χ1n) is 5.33. The molecule has 0 saturated heterocycles. The molecule has 0 unspecified atom stereocenters. The summed E-state index contributed by atoms with van der Waals surface area (Å²) < 4.78 is 0. The van der Waals surface area contributed by atoms with Gasteiger partial charge in [0.25, 0.3) is 0 Å². The fourth-order valence-corrected chi connectivity index (χ4v) is 24.2. The summed E-state index contributed by atoms with van der Waals surface area (Å²) in [5.74, 6) is 0. The predicted molar refractivity (Wildman–Crippen MR) is 76.1 cm³/mol. The Morgan fingerprint density at radius 3 is 1.08 bits per heavy atom. The highest BCUT2D eigenvalue weighted by atomic mass is 79.9. The summed E-state index contributed by atoms with van der Waals surface area (Å²) in [5.41, 5.74) is 1.50. The Hall–Kier alpha value is 1.39. The summed E-state index contributed by atoms with van der Waals surface area (Å²) >= 11 is 8.09. The van der Waals surface area contributed by atoms with Crippen molar-refractivity contribution in [2.24, 2.45) is 0 Å². The van der Waals surface area contributed by atoms with Crippen LogP contribution in [0.1, 0.15) is 27.7 Å². The lowest BCUT2D eigenvalue weighted by Crippen LogP contribution is -2.37. The van der Waals surface area contributed by atoms with Gasteiger partial charge in [0, 0.05) is 0 Å². The molecule has 0 heterocycles. The molecule has 0 bridgehead atoms. The highest BCUT2D eigenvalue weighted by Crippen LogP contribution is 2.38. The zero-order valence-corrected chi connectivity index (χ0v) is 14.5. The second-order valence-corrected chi connectivity index (χ2v) is 22.8. The van der Waals surface area contributed by atoms with E-state index in [0.29, 0.717) is 0 Å². The van der Waals surface area contributed by atoms with Crippen LogP contribution in [0.25, 0.3) is 0 Å². The van der Waals surface area contributed by atoms with E-state index in [-0.39, 0.29) is 0 Å². The molecule has 0 atom stereocenters. The van der Waals surface area contributed by atoms with Gasteiger partial charge in [0.05, 0.1) is 0 Å². The van der Waals surface area contributed by atoms with Crippen molar-refractivity contribution in [3.8, 4) is 0 Å². The average molecular weight is 346 g/mol. The van der Waals surface area contributed by atoms with Gasteiger partial charge >= 0.3 is 0 Å². The van der Waals surface area contributed by atoms with Gasteiger partial charge < -0.3 is 0 Å². The summed E-state index contributed by atoms with van der Waals surface area (Å²) in [4.78, 5) is 0. The van der Waals surface area contributed by atoms with Crippen LogP contribution in [0.2, 0.25) is 29.8 Å². The zero-order valence-electron chi connectivity index (χ0n) is 9.29. The van der Waals surface area contributed by atoms with Gasteiger partial charge in [-0.15, -0.1) is 30.6 Å². The molecule has 80 valence electrons. The van der Waals surface area contributed by atoms with E-state index in [0.717, 1.165) is 0 Å². The molecule has 0 amide bonds. The largest absolute Gasteiger partial charge is 0.128 e. The first-order chi connectivity index (χ1) is 5.95. The lowest BCUT2D eigenvalue weighted by Gasteiger charge is -2.31. The van der Waals surface area contributed by atoms with Crippen LogP contribution in [-0.4, -0.2) is 13.4 Å². The summed E-state index contributed by atoms with van der Waals surface area (Å²) in [6, 6.07) is 5.52. The normalized spacial score (nSPS) is 13.4. The second-order valence-electron chi connectivity index (χ2n) is 3.89. The molecule has 0 nitrogen and oxygen atoms in total. The van der Waals surface area contributed by atoms with Crippen LogP contribution in [0.3, 0.4) is 0 Å². The standard InChI is InChI=1S/C9H22Br2Si2/c1-5-12(10,6-2)9-13(11,7-3)8-4/h5-9H2,1-4H3. The third-order valence-electron chi connectivity index (χ3n) is 3.17. The third kappa shape index (κ3) is 4.62. The number of rotatable bonds is 6. The van der Waals surface area contributed by atoms with Crippen molar-refractivity contribution < 1.29 is 0 Å². The SMILES string of the molecule is CC[Si](Br)(CC)C[Si](Br)(CC)CC. The van der Waals surface area contributed by atoms with Gasteiger partial charge in [-0.1, -0.05) is 51.9 Å². The fraction of sp³-hybridized carbons (Fsp3) is 1.00. The summed E-state index contributed by atoms with van der Waals surface area (Å²) in [6.45, 7) is 7.28. The van der Waals surface area contributed by atoms with Crippen LogP contribution in [-0.2, 0) is 0 Å². The molecule has 0 N–H and O–H groups in total.